The Bertz CT molecular complexity index is 1300. The van der Waals surface area contributed by atoms with Gasteiger partial charge in [-0.25, -0.2) is 9.78 Å². The number of anilines is 1. The summed E-state index contributed by atoms with van der Waals surface area (Å²) in [6, 6.07) is 17.9. The van der Waals surface area contributed by atoms with Crippen LogP contribution in [-0.4, -0.2) is 39.2 Å². The highest BCUT2D eigenvalue weighted by Crippen LogP contribution is 2.23. The zero-order valence-corrected chi connectivity index (χ0v) is 24.0. The summed E-state index contributed by atoms with van der Waals surface area (Å²) in [5, 5.41) is 9.46. The molecule has 3 aromatic rings. The normalized spacial score (nSPS) is 11.8. The Morgan fingerprint density at radius 2 is 1.65 bits per heavy atom. The largest absolute Gasteiger partial charge is 0.478 e. The first-order chi connectivity index (χ1) is 19.2. The summed E-state index contributed by atoms with van der Waals surface area (Å²) in [5.74, 6) is -0.454. The average molecular weight is 548 g/mol. The summed E-state index contributed by atoms with van der Waals surface area (Å²) >= 11 is 0. The summed E-state index contributed by atoms with van der Waals surface area (Å²) in [7, 11) is 0. The summed E-state index contributed by atoms with van der Waals surface area (Å²) in [5.41, 5.74) is 1.85. The lowest BCUT2D eigenvalue weighted by Crippen LogP contribution is -2.38. The molecule has 0 bridgehead atoms. The molecule has 1 atom stereocenters. The molecule has 0 radical (unpaired) electrons. The fourth-order valence-corrected chi connectivity index (χ4v) is 4.56. The lowest BCUT2D eigenvalue weighted by Gasteiger charge is -2.25. The second-order valence-electron chi connectivity index (χ2n) is 10.3. The van der Waals surface area contributed by atoms with Crippen molar-refractivity contribution in [3.05, 3.63) is 76.8 Å². The number of ether oxygens (including phenoxy) is 1. The average Bonchev–Trinajstić information content (AvgIpc) is 2.95. The first-order valence-electron chi connectivity index (χ1n) is 14.2. The predicted octanol–water partition coefficient (Wildman–Crippen LogP) is 5.96. The molecule has 1 aromatic heterocycles. The molecule has 0 aliphatic rings. The van der Waals surface area contributed by atoms with Gasteiger partial charge in [-0.2, -0.15) is 0 Å². The lowest BCUT2D eigenvalue weighted by molar-refractivity contribution is -0.147. The van der Waals surface area contributed by atoms with Crippen molar-refractivity contribution in [2.45, 2.75) is 78.9 Å². The molecule has 0 fully saturated rings. The number of nitrogens with zero attached hydrogens (tertiary/aromatic N) is 3. The molecular weight excluding hydrogens is 506 g/mol. The second-order valence-corrected chi connectivity index (χ2v) is 10.3. The number of aromatic nitrogens is 2. The Labute approximate surface area is 236 Å². The van der Waals surface area contributed by atoms with Gasteiger partial charge in [0.05, 0.1) is 5.69 Å². The fourth-order valence-electron chi connectivity index (χ4n) is 4.56. The molecule has 3 rings (SSSR count). The number of aliphatic carboxylic acids is 1. The molecule has 0 aliphatic carbocycles. The van der Waals surface area contributed by atoms with E-state index in [0.29, 0.717) is 35.9 Å². The highest BCUT2D eigenvalue weighted by molar-refractivity contribution is 5.93. The molecule has 8 nitrogen and oxygen atoms in total. The molecule has 0 aliphatic heterocycles. The first-order valence-corrected chi connectivity index (χ1v) is 14.2. The van der Waals surface area contributed by atoms with Crippen LogP contribution >= 0.6 is 0 Å². The van der Waals surface area contributed by atoms with Gasteiger partial charge in [-0.1, -0.05) is 83.7 Å². The molecule has 1 unspecified atom stereocenters. The number of carbonyl (C=O) groups excluding carboxylic acids is 1. The van der Waals surface area contributed by atoms with Gasteiger partial charge in [0.1, 0.15) is 18.1 Å². The first kappa shape index (κ1) is 30.6. The number of amides is 1. The second kappa shape index (κ2) is 15.0. The van der Waals surface area contributed by atoms with E-state index in [-0.39, 0.29) is 23.9 Å². The molecule has 8 heteroatoms. The van der Waals surface area contributed by atoms with Gasteiger partial charge in [-0.05, 0) is 30.7 Å². The van der Waals surface area contributed by atoms with E-state index < -0.39 is 12.1 Å². The van der Waals surface area contributed by atoms with E-state index in [1.54, 1.807) is 43.0 Å². The number of hydrogen-bond donors (Lipinski definition) is 1. The Hall–Kier alpha value is -3.94. The van der Waals surface area contributed by atoms with Gasteiger partial charge in [-0.3, -0.25) is 14.2 Å². The lowest BCUT2D eigenvalue weighted by atomic mass is 10.1. The summed E-state index contributed by atoms with van der Waals surface area (Å²) < 4.78 is 7.15. The van der Waals surface area contributed by atoms with E-state index in [4.69, 9.17) is 9.72 Å². The van der Waals surface area contributed by atoms with E-state index in [0.717, 1.165) is 37.7 Å². The van der Waals surface area contributed by atoms with Gasteiger partial charge in [0.2, 0.25) is 5.91 Å². The maximum absolute atomic E-state index is 13.7. The van der Waals surface area contributed by atoms with E-state index >= 15 is 0 Å². The van der Waals surface area contributed by atoms with Gasteiger partial charge >= 0.3 is 5.97 Å². The van der Waals surface area contributed by atoms with Crippen LogP contribution in [0.2, 0.25) is 0 Å². The molecule has 0 saturated heterocycles. The standard InChI is InChI=1S/C32H41N3O5/c1-5-7-8-9-13-20-34(25-16-18-26(19-17-25)40-31(23(3)4)32(38)39)30(37)22-35-28(6-2)33-27(21-29(35)36)24-14-11-10-12-15-24/h10-12,14-19,21,23,31H,5-9,13,20,22H2,1-4H3,(H,38,39). The third-order valence-corrected chi connectivity index (χ3v) is 6.81. The van der Waals surface area contributed by atoms with Crippen LogP contribution < -0.4 is 15.2 Å². The van der Waals surface area contributed by atoms with E-state index in [1.165, 1.54) is 10.6 Å². The number of unbranched alkanes of at least 4 members (excludes halogenated alkanes) is 4. The summed E-state index contributed by atoms with van der Waals surface area (Å²) in [6.07, 6.45) is 4.75. The van der Waals surface area contributed by atoms with Gasteiger partial charge in [0, 0.05) is 36.2 Å². The minimum atomic E-state index is -1.02. The van der Waals surface area contributed by atoms with E-state index in [1.807, 2.05) is 37.3 Å². The van der Waals surface area contributed by atoms with Gasteiger partial charge in [-0.15, -0.1) is 0 Å². The SMILES string of the molecule is CCCCCCCN(C(=O)Cn1c(CC)nc(-c2ccccc2)cc1=O)c1ccc(OC(C(=O)O)C(C)C)cc1. The third kappa shape index (κ3) is 8.28. The molecule has 1 heterocycles. The third-order valence-electron chi connectivity index (χ3n) is 6.81. The summed E-state index contributed by atoms with van der Waals surface area (Å²) in [4.78, 5) is 44.8. The van der Waals surface area contributed by atoms with Crippen LogP contribution in [0.25, 0.3) is 11.3 Å². The molecule has 2 aromatic carbocycles. The Kier molecular flexibility index (Phi) is 11.5. The molecule has 40 heavy (non-hydrogen) atoms. The van der Waals surface area contributed by atoms with Crippen molar-refractivity contribution in [3.63, 3.8) is 0 Å². The van der Waals surface area contributed by atoms with Crippen LogP contribution in [0.15, 0.2) is 65.5 Å². The number of benzene rings is 2. The van der Waals surface area contributed by atoms with Crippen molar-refractivity contribution in [3.8, 4) is 17.0 Å². The Balaban J connectivity index is 1.85. The van der Waals surface area contributed by atoms with Crippen molar-refractivity contribution in [2.24, 2.45) is 5.92 Å². The molecule has 1 N–H and O–H groups in total. The van der Waals surface area contributed by atoms with E-state index in [9.17, 15) is 19.5 Å². The smallest absolute Gasteiger partial charge is 0.345 e. The molecule has 0 spiro atoms. The molecular formula is C32H41N3O5. The summed E-state index contributed by atoms with van der Waals surface area (Å²) in [6.45, 7) is 8.06. The number of rotatable bonds is 15. The Morgan fingerprint density at radius 3 is 2.25 bits per heavy atom. The zero-order valence-electron chi connectivity index (χ0n) is 24.0. The number of carbonyl (C=O) groups is 2. The van der Waals surface area contributed by atoms with Gasteiger partial charge in [0.25, 0.3) is 5.56 Å². The van der Waals surface area contributed by atoms with Crippen LogP contribution in [0.5, 0.6) is 5.75 Å². The zero-order chi connectivity index (χ0) is 29.1. The van der Waals surface area contributed by atoms with Crippen molar-refractivity contribution in [1.29, 1.82) is 0 Å². The maximum Gasteiger partial charge on any atom is 0.345 e. The van der Waals surface area contributed by atoms with Crippen LogP contribution in [0, 0.1) is 5.92 Å². The monoisotopic (exact) mass is 547 g/mol. The molecule has 0 saturated carbocycles. The molecule has 214 valence electrons. The van der Waals surface area contributed by atoms with Crippen LogP contribution in [-0.2, 0) is 22.6 Å². The topological polar surface area (TPSA) is 102 Å². The minimum absolute atomic E-state index is 0.119. The van der Waals surface area contributed by atoms with Crippen molar-refractivity contribution >= 4 is 17.6 Å². The highest BCUT2D eigenvalue weighted by atomic mass is 16.5. The number of hydrogen-bond acceptors (Lipinski definition) is 5. The number of carboxylic acid groups (broad SMARTS) is 1. The van der Waals surface area contributed by atoms with Gasteiger partial charge < -0.3 is 14.7 Å². The van der Waals surface area contributed by atoms with Crippen molar-refractivity contribution < 1.29 is 19.4 Å². The Morgan fingerprint density at radius 1 is 0.975 bits per heavy atom. The predicted molar refractivity (Wildman–Crippen MR) is 158 cm³/mol. The quantitative estimate of drug-likeness (QED) is 0.236. The van der Waals surface area contributed by atoms with Crippen molar-refractivity contribution in [2.75, 3.05) is 11.4 Å². The fraction of sp³-hybridized carbons (Fsp3) is 0.438. The minimum Gasteiger partial charge on any atom is -0.478 e. The number of carboxylic acids is 1. The maximum atomic E-state index is 13.7. The van der Waals surface area contributed by atoms with Crippen molar-refractivity contribution in [1.82, 2.24) is 9.55 Å². The molecule has 1 amide bonds. The highest BCUT2D eigenvalue weighted by Gasteiger charge is 2.24. The van der Waals surface area contributed by atoms with Gasteiger partial charge in [0.15, 0.2) is 6.10 Å². The van der Waals surface area contributed by atoms with Crippen LogP contribution in [0.4, 0.5) is 5.69 Å². The van der Waals surface area contributed by atoms with Crippen LogP contribution in [0.1, 0.15) is 65.6 Å². The number of aryl methyl sites for hydroxylation is 1. The van der Waals surface area contributed by atoms with E-state index in [2.05, 4.69) is 6.92 Å². The van der Waals surface area contributed by atoms with Crippen LogP contribution in [0.3, 0.4) is 0 Å².